The van der Waals surface area contributed by atoms with Crippen molar-refractivity contribution in [3.05, 3.63) is 205 Å². The van der Waals surface area contributed by atoms with E-state index >= 15 is 0 Å². The Bertz CT molecular complexity index is 3190. The molecule has 0 radical (unpaired) electrons. The number of benzene rings is 9. The molecule has 10 aromatic rings. The van der Waals surface area contributed by atoms with Crippen molar-refractivity contribution in [1.82, 2.24) is 9.97 Å². The Morgan fingerprint density at radius 2 is 0.930 bits per heavy atom. The molecule has 1 heterocycles. The third-order valence-electron chi connectivity index (χ3n) is 12.1. The van der Waals surface area contributed by atoms with Gasteiger partial charge in [0.05, 0.1) is 11.4 Å². The number of hydrogen-bond acceptors (Lipinski definition) is 2. The van der Waals surface area contributed by atoms with Gasteiger partial charge in [0, 0.05) is 22.1 Å². The van der Waals surface area contributed by atoms with Crippen LogP contribution in [0.15, 0.2) is 194 Å². The average molecular weight is 727 g/mol. The third-order valence-corrected chi connectivity index (χ3v) is 12.1. The van der Waals surface area contributed by atoms with E-state index in [0.29, 0.717) is 5.82 Å². The van der Waals surface area contributed by atoms with Crippen LogP contribution >= 0.6 is 0 Å². The van der Waals surface area contributed by atoms with Crippen LogP contribution in [0.2, 0.25) is 0 Å². The van der Waals surface area contributed by atoms with Gasteiger partial charge in [-0.15, -0.1) is 0 Å². The monoisotopic (exact) mass is 726 g/mol. The molecule has 0 N–H and O–H groups in total. The zero-order chi connectivity index (χ0) is 38.1. The second kappa shape index (κ2) is 13.0. The second-order valence-corrected chi connectivity index (χ2v) is 15.7. The summed E-state index contributed by atoms with van der Waals surface area (Å²) in [6, 6.07) is 70.1. The van der Waals surface area contributed by atoms with E-state index in [1.54, 1.807) is 0 Å². The average Bonchev–Trinajstić information content (AvgIpc) is 3.52. The predicted octanol–water partition coefficient (Wildman–Crippen LogP) is 14.6. The van der Waals surface area contributed by atoms with Gasteiger partial charge in [-0.05, 0) is 89.0 Å². The summed E-state index contributed by atoms with van der Waals surface area (Å²) in [4.78, 5) is 10.6. The Kier molecular flexibility index (Phi) is 7.55. The van der Waals surface area contributed by atoms with Crippen LogP contribution in [-0.2, 0) is 5.41 Å². The third kappa shape index (κ3) is 5.40. The SMILES string of the molecule is CC1(C)c2ccc3ccccc3c2-c2cccc(-c3ccc(-c4cc(-c5ccc6ccccc6c5)nc(-c5ccc(-c6ccccc6)cc5)n4)c4ccccc34)c21. The van der Waals surface area contributed by atoms with Gasteiger partial charge in [-0.25, -0.2) is 9.97 Å². The summed E-state index contributed by atoms with van der Waals surface area (Å²) < 4.78 is 0. The van der Waals surface area contributed by atoms with Gasteiger partial charge in [0.25, 0.3) is 0 Å². The van der Waals surface area contributed by atoms with Crippen LogP contribution in [0.5, 0.6) is 0 Å². The molecule has 0 atom stereocenters. The van der Waals surface area contributed by atoms with Crippen molar-refractivity contribution in [2.24, 2.45) is 0 Å². The van der Waals surface area contributed by atoms with Crippen LogP contribution < -0.4 is 0 Å². The van der Waals surface area contributed by atoms with Gasteiger partial charge in [0.2, 0.25) is 0 Å². The lowest BCUT2D eigenvalue weighted by molar-refractivity contribution is 0.662. The van der Waals surface area contributed by atoms with Gasteiger partial charge in [-0.2, -0.15) is 0 Å². The van der Waals surface area contributed by atoms with E-state index in [2.05, 4.69) is 208 Å². The molecule has 0 unspecified atom stereocenters. The molecule has 1 aromatic heterocycles. The van der Waals surface area contributed by atoms with E-state index in [9.17, 15) is 0 Å². The van der Waals surface area contributed by atoms with Crippen LogP contribution in [0.3, 0.4) is 0 Å². The largest absolute Gasteiger partial charge is 0.228 e. The highest BCUT2D eigenvalue weighted by molar-refractivity contribution is 6.09. The molecular formula is C55H38N2. The van der Waals surface area contributed by atoms with Crippen LogP contribution in [0.1, 0.15) is 25.0 Å². The summed E-state index contributed by atoms with van der Waals surface area (Å²) >= 11 is 0. The first-order valence-electron chi connectivity index (χ1n) is 19.7. The van der Waals surface area contributed by atoms with Crippen molar-refractivity contribution >= 4 is 32.3 Å². The van der Waals surface area contributed by atoms with Crippen molar-refractivity contribution in [3.8, 4) is 67.3 Å². The number of hydrogen-bond donors (Lipinski definition) is 0. The molecular weight excluding hydrogens is 689 g/mol. The van der Waals surface area contributed by atoms with Crippen LogP contribution in [0.25, 0.3) is 99.6 Å². The first-order chi connectivity index (χ1) is 28.0. The number of rotatable bonds is 5. The zero-order valence-corrected chi connectivity index (χ0v) is 31.9. The van der Waals surface area contributed by atoms with Crippen molar-refractivity contribution in [3.63, 3.8) is 0 Å². The Hall–Kier alpha value is -7.16. The molecule has 9 aromatic carbocycles. The van der Waals surface area contributed by atoms with E-state index in [4.69, 9.17) is 9.97 Å². The lowest BCUT2D eigenvalue weighted by Crippen LogP contribution is -2.16. The zero-order valence-electron chi connectivity index (χ0n) is 31.9. The standard InChI is InChI=1S/C55H38N2/c1-55(2)49-32-29-38-16-8-9-18-42(38)52(49)48-22-12-21-47(53(48)55)45-30-31-46(44-20-11-10-19-43(44)45)51-34-50(41-28-25-36-15-6-7-17-40(36)33-41)56-54(57-51)39-26-23-37(24-27-39)35-13-4-3-5-14-35/h3-34H,1-2H3. The molecule has 0 spiro atoms. The summed E-state index contributed by atoms with van der Waals surface area (Å²) in [5.74, 6) is 0.705. The van der Waals surface area contributed by atoms with E-state index in [-0.39, 0.29) is 5.41 Å². The van der Waals surface area contributed by atoms with Gasteiger partial charge in [0.15, 0.2) is 5.82 Å². The molecule has 0 fully saturated rings. The quantitative estimate of drug-likeness (QED) is 0.176. The van der Waals surface area contributed by atoms with Crippen molar-refractivity contribution in [2.75, 3.05) is 0 Å². The molecule has 2 heteroatoms. The summed E-state index contributed by atoms with van der Waals surface area (Å²) in [6.45, 7) is 4.77. The van der Waals surface area contributed by atoms with Crippen molar-refractivity contribution < 1.29 is 0 Å². The Morgan fingerprint density at radius 1 is 0.351 bits per heavy atom. The molecule has 0 bridgehead atoms. The highest BCUT2D eigenvalue weighted by atomic mass is 14.9. The summed E-state index contributed by atoms with van der Waals surface area (Å²) in [5, 5.41) is 7.36. The lowest BCUT2D eigenvalue weighted by atomic mass is 9.78. The maximum Gasteiger partial charge on any atom is 0.160 e. The minimum Gasteiger partial charge on any atom is -0.228 e. The fourth-order valence-electron chi connectivity index (χ4n) is 9.29. The van der Waals surface area contributed by atoms with Gasteiger partial charge < -0.3 is 0 Å². The van der Waals surface area contributed by atoms with Crippen LogP contribution in [0, 0.1) is 0 Å². The van der Waals surface area contributed by atoms with E-state index < -0.39 is 0 Å². The molecule has 0 amide bonds. The van der Waals surface area contributed by atoms with Crippen molar-refractivity contribution in [2.45, 2.75) is 19.3 Å². The first kappa shape index (κ1) is 33.2. The number of nitrogens with zero attached hydrogens (tertiary/aromatic N) is 2. The fourth-order valence-corrected chi connectivity index (χ4v) is 9.29. The van der Waals surface area contributed by atoms with E-state index in [0.717, 1.165) is 28.1 Å². The van der Waals surface area contributed by atoms with E-state index in [1.807, 2.05) is 0 Å². The smallest absolute Gasteiger partial charge is 0.160 e. The Morgan fingerprint density at radius 3 is 1.74 bits per heavy atom. The number of aromatic nitrogens is 2. The predicted molar refractivity (Wildman–Crippen MR) is 239 cm³/mol. The molecule has 1 aliphatic carbocycles. The van der Waals surface area contributed by atoms with Crippen LogP contribution in [-0.4, -0.2) is 9.97 Å². The minimum absolute atomic E-state index is 0.169. The molecule has 0 saturated carbocycles. The second-order valence-electron chi connectivity index (χ2n) is 15.7. The van der Waals surface area contributed by atoms with Gasteiger partial charge >= 0.3 is 0 Å². The molecule has 268 valence electrons. The van der Waals surface area contributed by atoms with Gasteiger partial charge in [-0.1, -0.05) is 196 Å². The Balaban J connectivity index is 1.09. The summed E-state index contributed by atoms with van der Waals surface area (Å²) in [6.07, 6.45) is 0. The Labute approximate surface area is 332 Å². The normalized spacial score (nSPS) is 12.9. The van der Waals surface area contributed by atoms with Gasteiger partial charge in [0.1, 0.15) is 0 Å². The number of fused-ring (bicyclic) bond motifs is 7. The highest BCUT2D eigenvalue weighted by Gasteiger charge is 2.38. The van der Waals surface area contributed by atoms with Gasteiger partial charge in [-0.3, -0.25) is 0 Å². The molecule has 0 saturated heterocycles. The highest BCUT2D eigenvalue weighted by Crippen LogP contribution is 2.55. The fraction of sp³-hybridized carbons (Fsp3) is 0.0545. The maximum absolute atomic E-state index is 5.34. The molecule has 0 aliphatic heterocycles. The van der Waals surface area contributed by atoms with Crippen molar-refractivity contribution in [1.29, 1.82) is 0 Å². The molecule has 1 aliphatic rings. The summed E-state index contributed by atoms with van der Waals surface area (Å²) in [5.41, 5.74) is 15.1. The lowest BCUT2D eigenvalue weighted by Gasteiger charge is -2.25. The maximum atomic E-state index is 5.34. The first-order valence-corrected chi connectivity index (χ1v) is 19.7. The molecule has 57 heavy (non-hydrogen) atoms. The van der Waals surface area contributed by atoms with E-state index in [1.165, 1.54) is 76.8 Å². The summed E-state index contributed by atoms with van der Waals surface area (Å²) in [7, 11) is 0. The molecule has 11 rings (SSSR count). The minimum atomic E-state index is -0.169. The molecule has 2 nitrogen and oxygen atoms in total. The van der Waals surface area contributed by atoms with Crippen LogP contribution in [0.4, 0.5) is 0 Å². The topological polar surface area (TPSA) is 25.8 Å².